The van der Waals surface area contributed by atoms with E-state index >= 15 is 0 Å². The number of allylic oxidation sites excluding steroid dienone is 3. The van der Waals surface area contributed by atoms with Crippen molar-refractivity contribution in [1.82, 2.24) is 44.9 Å². The molecule has 0 fully saturated rings. The quantitative estimate of drug-likeness (QED) is 0.111. The number of aryl methyl sites for hydroxylation is 2. The molecule has 0 spiro atoms. The minimum atomic E-state index is -1.44. The summed E-state index contributed by atoms with van der Waals surface area (Å²) in [5.74, 6) is -6.86. The van der Waals surface area contributed by atoms with Crippen LogP contribution in [0.5, 0.6) is 0 Å². The number of aromatic nitrogens is 12. The first kappa shape index (κ1) is 38.9. The summed E-state index contributed by atoms with van der Waals surface area (Å²) < 4.78 is 96.1. The molecule has 0 amide bonds. The second kappa shape index (κ2) is 15.4. The minimum Gasteiger partial charge on any atom is -0.405 e. The average Bonchev–Trinajstić information content (AvgIpc) is 3.06. The fourth-order valence-electron chi connectivity index (χ4n) is 4.00. The van der Waals surface area contributed by atoms with Gasteiger partial charge in [-0.15, -0.1) is 35.9 Å². The van der Waals surface area contributed by atoms with Gasteiger partial charge in [0.15, 0.2) is 12.0 Å². The van der Waals surface area contributed by atoms with Crippen molar-refractivity contribution < 1.29 is 43.9 Å². The highest BCUT2D eigenvalue weighted by Gasteiger charge is 2.29. The van der Waals surface area contributed by atoms with Gasteiger partial charge in [0.05, 0.1) is 0 Å². The van der Waals surface area contributed by atoms with Crippen molar-refractivity contribution in [3.63, 3.8) is 0 Å². The van der Waals surface area contributed by atoms with Crippen LogP contribution in [0, 0.1) is 61.8 Å². The molecule has 6 rings (SSSR count). The van der Waals surface area contributed by atoms with Crippen LogP contribution in [0.4, 0.5) is 36.7 Å². The molecule has 6 heterocycles. The predicted octanol–water partition coefficient (Wildman–Crippen LogP) is 4.71. The molecule has 0 saturated carbocycles. The van der Waals surface area contributed by atoms with Gasteiger partial charge in [0.2, 0.25) is 29.6 Å². The second-order valence-electron chi connectivity index (χ2n) is 10.2. The van der Waals surface area contributed by atoms with Crippen molar-refractivity contribution in [1.29, 1.82) is 0 Å². The van der Waals surface area contributed by atoms with Crippen molar-refractivity contribution in [2.45, 2.75) is 42.0 Å². The zero-order chi connectivity index (χ0) is 37.2. The van der Waals surface area contributed by atoms with Crippen LogP contribution < -0.4 is 13.2 Å². The van der Waals surface area contributed by atoms with E-state index in [-0.39, 0.29) is 36.3 Å². The number of hydrogen-bond acceptors (Lipinski definition) is 9. The number of rotatable bonds is 3. The lowest BCUT2D eigenvalue weighted by Crippen LogP contribution is -2.37. The van der Waals surface area contributed by atoms with Gasteiger partial charge >= 0.3 is 35.3 Å². The third kappa shape index (κ3) is 7.87. The van der Waals surface area contributed by atoms with Crippen LogP contribution in [-0.4, -0.2) is 44.9 Å². The summed E-state index contributed by atoms with van der Waals surface area (Å²) in [6, 6.07) is 0. The lowest BCUT2D eigenvalue weighted by Gasteiger charge is -2.03. The highest BCUT2D eigenvalue weighted by molar-refractivity contribution is 5.54. The smallest absolute Gasteiger partial charge is 0.405 e. The monoisotopic (exact) mass is 714 g/mol. The Morgan fingerprint density at radius 1 is 0.647 bits per heavy atom. The zero-order valence-electron chi connectivity index (χ0n) is 26.7. The van der Waals surface area contributed by atoms with Crippen molar-refractivity contribution in [2.75, 3.05) is 0 Å². The molecule has 6 aromatic rings. The van der Waals surface area contributed by atoms with Gasteiger partial charge in [-0.1, -0.05) is 42.1 Å². The Kier molecular flexibility index (Phi) is 11.7. The van der Waals surface area contributed by atoms with Gasteiger partial charge in [-0.05, 0) is 27.7 Å². The number of nitrogens with zero attached hydrogens (tertiary/aromatic N) is 13. The molecule has 20 heteroatoms. The normalized spacial score (nSPS) is 10.4. The van der Waals surface area contributed by atoms with Crippen molar-refractivity contribution in [2.24, 2.45) is 0 Å². The Morgan fingerprint density at radius 3 is 1.75 bits per heavy atom. The number of hydrogen-bond donors (Lipinski definition) is 0. The number of halogens is 7. The molecule has 0 radical (unpaired) electrons. The van der Waals surface area contributed by atoms with E-state index in [1.165, 1.54) is 6.92 Å². The van der Waals surface area contributed by atoms with Crippen molar-refractivity contribution >= 4 is 39.7 Å². The molecule has 0 unspecified atom stereocenters. The molecular formula is C31H27F7N13+3. The van der Waals surface area contributed by atoms with Crippen LogP contribution >= 0.6 is 0 Å². The lowest BCUT2D eigenvalue weighted by molar-refractivity contribution is -0.561. The van der Waals surface area contributed by atoms with Crippen LogP contribution in [0.15, 0.2) is 32.4 Å². The third-order valence-electron chi connectivity index (χ3n) is 6.21. The molecule has 51 heavy (non-hydrogen) atoms. The van der Waals surface area contributed by atoms with Crippen LogP contribution in [0.3, 0.4) is 0 Å². The SMILES string of the molecule is C.C=C(C)c1nc(F)c(F)c2nc(C)c(F)c(F)[n+]12.C=C(C)c1nc(F)c(F)c2nc(F)nc[n+]12.[C-]#[N+]c1nc(C(=C)C)[n+]2cnc(C)nc2n1. The van der Waals surface area contributed by atoms with Crippen LogP contribution in [0.25, 0.3) is 38.6 Å². The second-order valence-corrected chi connectivity index (χ2v) is 10.2. The molecule has 0 aromatic carbocycles. The number of fused-ring (bicyclic) bond motifs is 3. The van der Waals surface area contributed by atoms with E-state index in [4.69, 9.17) is 6.57 Å². The predicted molar refractivity (Wildman–Crippen MR) is 165 cm³/mol. The molecule has 0 saturated heterocycles. The Balaban J connectivity index is 0.000000205. The van der Waals surface area contributed by atoms with E-state index in [2.05, 4.69) is 69.4 Å². The Morgan fingerprint density at radius 2 is 1.18 bits per heavy atom. The third-order valence-corrected chi connectivity index (χ3v) is 6.21. The summed E-state index contributed by atoms with van der Waals surface area (Å²) in [4.78, 5) is 35.9. The first-order chi connectivity index (χ1) is 23.5. The van der Waals surface area contributed by atoms with E-state index < -0.39 is 52.7 Å². The maximum atomic E-state index is 13.8. The fraction of sp³-hybridized carbons (Fsp3) is 0.194. The lowest BCUT2D eigenvalue weighted by atomic mass is 10.3. The average molecular weight is 715 g/mol. The standard InChI is InChI=1S/C11H8F4N3.C10H9N6.C9H6F3N4.CH4/c1-4(2)10-17-8(14)7(13)11-16-5(3)6(12)9(15)18(10)11;1-6(2)8-14-9(11-4)15-10-13-7(3)12-5-16(8)10;1-4(2)7-14-6(11)5(10)8-15-9(12)13-3-16(7)8;/h1H2,2-3H3;5H,1H2,2-3H3;3H,1H2,2H3;1H4/q3*+1;. The van der Waals surface area contributed by atoms with Crippen molar-refractivity contribution in [3.05, 3.63) is 114 Å². The summed E-state index contributed by atoms with van der Waals surface area (Å²) in [5.41, 5.74) is -0.300. The summed E-state index contributed by atoms with van der Waals surface area (Å²) in [6.07, 6.45) is 1.41. The molecular weight excluding hydrogens is 687 g/mol. The molecule has 0 atom stereocenters. The summed E-state index contributed by atoms with van der Waals surface area (Å²) in [5, 5.41) is 0. The Hall–Kier alpha value is -6.52. The largest absolute Gasteiger partial charge is 0.423 e. The Labute approximate surface area is 284 Å². The summed E-state index contributed by atoms with van der Waals surface area (Å²) >= 11 is 0. The van der Waals surface area contributed by atoms with Gasteiger partial charge in [-0.25, -0.2) is 0 Å². The molecule has 0 aliphatic rings. The molecule has 0 bridgehead atoms. The van der Waals surface area contributed by atoms with E-state index in [9.17, 15) is 30.7 Å². The highest BCUT2D eigenvalue weighted by atomic mass is 19.2. The van der Waals surface area contributed by atoms with Gasteiger partial charge in [0, 0.05) is 23.6 Å². The van der Waals surface area contributed by atoms with Crippen LogP contribution in [-0.2, 0) is 0 Å². The van der Waals surface area contributed by atoms with Gasteiger partial charge in [0.25, 0.3) is 29.1 Å². The maximum Gasteiger partial charge on any atom is 0.423 e. The summed E-state index contributed by atoms with van der Waals surface area (Å²) in [7, 11) is 0. The first-order valence-electron chi connectivity index (χ1n) is 13.8. The highest BCUT2D eigenvalue weighted by Crippen LogP contribution is 2.15. The van der Waals surface area contributed by atoms with Gasteiger partial charge in [0.1, 0.15) is 0 Å². The van der Waals surface area contributed by atoms with Crippen molar-refractivity contribution in [3.8, 4) is 0 Å². The molecule has 0 aliphatic carbocycles. The van der Waals surface area contributed by atoms with Crippen LogP contribution in [0.2, 0.25) is 0 Å². The van der Waals surface area contributed by atoms with Crippen LogP contribution in [0.1, 0.15) is 57.2 Å². The molecule has 13 nitrogen and oxygen atoms in total. The topological polar surface area (TPSA) is 133 Å². The fourth-order valence-corrected chi connectivity index (χ4v) is 4.00. The van der Waals surface area contributed by atoms with Gasteiger partial charge < -0.3 is 4.85 Å². The van der Waals surface area contributed by atoms with Gasteiger partial charge in [-0.3, -0.25) is 0 Å². The minimum absolute atomic E-state index is 0. The first-order valence-corrected chi connectivity index (χ1v) is 13.8. The summed E-state index contributed by atoms with van der Waals surface area (Å²) in [6.45, 7) is 25.4. The van der Waals surface area contributed by atoms with E-state index in [1.807, 2.05) is 6.92 Å². The van der Waals surface area contributed by atoms with E-state index in [0.29, 0.717) is 27.4 Å². The molecule has 0 N–H and O–H groups in total. The Bertz CT molecular complexity index is 2450. The molecule has 0 aliphatic heterocycles. The van der Waals surface area contributed by atoms with E-state index in [1.54, 1.807) is 24.6 Å². The zero-order valence-corrected chi connectivity index (χ0v) is 26.7. The van der Waals surface area contributed by atoms with Gasteiger partial charge in [-0.2, -0.15) is 44.5 Å². The molecule has 262 valence electrons. The van der Waals surface area contributed by atoms with E-state index in [0.717, 1.165) is 23.2 Å². The maximum absolute atomic E-state index is 13.8. The molecule has 6 aromatic heterocycles.